The van der Waals surface area contributed by atoms with Gasteiger partial charge < -0.3 is 10.4 Å². The molecule has 0 radical (unpaired) electrons. The average molecular weight is 187 g/mol. The number of aliphatic hydroxyl groups excluding tert-OH is 1. The Kier molecular flexibility index (Phi) is 3.96. The summed E-state index contributed by atoms with van der Waals surface area (Å²) < 4.78 is 3.85. The summed E-state index contributed by atoms with van der Waals surface area (Å²) >= 11 is 1.35. The van der Waals surface area contributed by atoms with E-state index in [4.69, 9.17) is 5.11 Å². The Labute approximate surface area is 75.8 Å². The van der Waals surface area contributed by atoms with Crippen LogP contribution in [-0.2, 0) is 0 Å². The third kappa shape index (κ3) is 3.64. The van der Waals surface area contributed by atoms with Gasteiger partial charge in [0.25, 0.3) is 0 Å². The molecule has 0 saturated carbocycles. The molecule has 0 fully saturated rings. The van der Waals surface area contributed by atoms with Gasteiger partial charge in [-0.15, -0.1) is 0 Å². The minimum atomic E-state index is -0.207. The van der Waals surface area contributed by atoms with Crippen LogP contribution in [-0.4, -0.2) is 27.1 Å². The molecule has 2 N–H and O–H groups in total. The minimum absolute atomic E-state index is 0.207. The quantitative estimate of drug-likeness (QED) is 0.678. The number of aliphatic hydroxyl groups is 1. The minimum Gasteiger partial charge on any atom is -0.393 e. The van der Waals surface area contributed by atoms with Crippen molar-refractivity contribution in [2.45, 2.75) is 25.9 Å². The number of hydrogen-bond donors (Lipinski definition) is 2. The van der Waals surface area contributed by atoms with E-state index >= 15 is 0 Å². The number of nitrogens with zero attached hydrogens (tertiary/aromatic N) is 2. The summed E-state index contributed by atoms with van der Waals surface area (Å²) in [5.74, 6) is 0. The first-order valence-corrected chi connectivity index (χ1v) is 4.75. The zero-order valence-electron chi connectivity index (χ0n) is 7.03. The summed E-state index contributed by atoms with van der Waals surface area (Å²) in [4.78, 5) is 3.97. The van der Waals surface area contributed by atoms with Gasteiger partial charge in [-0.25, -0.2) is 4.98 Å². The number of anilines is 1. The standard InChI is InChI=1S/C7H13N3OS/c1-6(11)3-2-4-8-7-9-5-10-12-7/h5-6,11H,2-4H2,1H3,(H,8,9,10). The molecule has 12 heavy (non-hydrogen) atoms. The Morgan fingerprint density at radius 2 is 2.58 bits per heavy atom. The first kappa shape index (κ1) is 9.41. The molecular formula is C7H13N3OS. The molecule has 0 bridgehead atoms. The third-order valence-electron chi connectivity index (χ3n) is 1.44. The van der Waals surface area contributed by atoms with E-state index in [1.54, 1.807) is 6.92 Å². The normalized spacial score (nSPS) is 12.8. The van der Waals surface area contributed by atoms with Crippen molar-refractivity contribution in [1.82, 2.24) is 9.36 Å². The maximum absolute atomic E-state index is 8.96. The lowest BCUT2D eigenvalue weighted by molar-refractivity contribution is 0.183. The average Bonchev–Trinajstić information content (AvgIpc) is 2.49. The van der Waals surface area contributed by atoms with Crippen molar-refractivity contribution in [3.8, 4) is 0 Å². The van der Waals surface area contributed by atoms with Gasteiger partial charge in [0.2, 0.25) is 5.13 Å². The third-order valence-corrected chi connectivity index (χ3v) is 2.06. The number of rotatable bonds is 5. The van der Waals surface area contributed by atoms with Gasteiger partial charge in [-0.2, -0.15) is 4.37 Å². The van der Waals surface area contributed by atoms with Crippen molar-refractivity contribution >= 4 is 16.7 Å². The van der Waals surface area contributed by atoms with E-state index in [0.29, 0.717) is 0 Å². The van der Waals surface area contributed by atoms with Crippen molar-refractivity contribution in [3.05, 3.63) is 6.33 Å². The first-order valence-electron chi connectivity index (χ1n) is 3.97. The Bertz CT molecular complexity index is 200. The molecule has 0 aliphatic heterocycles. The molecule has 0 spiro atoms. The number of nitrogens with one attached hydrogen (secondary N) is 1. The largest absolute Gasteiger partial charge is 0.393 e. The molecule has 0 aliphatic rings. The van der Waals surface area contributed by atoms with Crippen LogP contribution in [0.5, 0.6) is 0 Å². The van der Waals surface area contributed by atoms with Gasteiger partial charge >= 0.3 is 0 Å². The fourth-order valence-corrected chi connectivity index (χ4v) is 1.30. The molecule has 1 atom stereocenters. The Hall–Kier alpha value is -0.680. The molecule has 68 valence electrons. The lowest BCUT2D eigenvalue weighted by atomic mass is 10.2. The second-order valence-corrected chi connectivity index (χ2v) is 3.44. The van der Waals surface area contributed by atoms with Gasteiger partial charge in [0.15, 0.2) is 0 Å². The molecule has 1 rings (SSSR count). The van der Waals surface area contributed by atoms with Crippen LogP contribution in [0.3, 0.4) is 0 Å². The number of aromatic nitrogens is 2. The smallest absolute Gasteiger partial charge is 0.202 e. The SMILES string of the molecule is CC(O)CCCNc1ncns1. The van der Waals surface area contributed by atoms with Crippen molar-refractivity contribution in [3.63, 3.8) is 0 Å². The predicted molar refractivity (Wildman–Crippen MR) is 49.3 cm³/mol. The van der Waals surface area contributed by atoms with E-state index in [2.05, 4.69) is 14.7 Å². The highest BCUT2D eigenvalue weighted by atomic mass is 32.1. The van der Waals surface area contributed by atoms with Crippen LogP contribution < -0.4 is 5.32 Å². The van der Waals surface area contributed by atoms with Crippen molar-refractivity contribution in [2.24, 2.45) is 0 Å². The Morgan fingerprint density at radius 3 is 3.17 bits per heavy atom. The van der Waals surface area contributed by atoms with Crippen molar-refractivity contribution in [1.29, 1.82) is 0 Å². The van der Waals surface area contributed by atoms with Crippen LogP contribution in [0.15, 0.2) is 6.33 Å². The summed E-state index contributed by atoms with van der Waals surface area (Å²) in [6, 6.07) is 0. The molecule has 1 heterocycles. The maximum atomic E-state index is 8.96. The fourth-order valence-electron chi connectivity index (χ4n) is 0.844. The lowest BCUT2D eigenvalue weighted by Gasteiger charge is -2.03. The summed E-state index contributed by atoms with van der Waals surface area (Å²) in [6.45, 7) is 2.64. The summed E-state index contributed by atoms with van der Waals surface area (Å²) in [5.41, 5.74) is 0. The van der Waals surface area contributed by atoms with Gasteiger partial charge in [0.05, 0.1) is 6.10 Å². The van der Waals surface area contributed by atoms with E-state index in [0.717, 1.165) is 24.5 Å². The van der Waals surface area contributed by atoms with Crippen molar-refractivity contribution < 1.29 is 5.11 Å². The molecule has 0 saturated heterocycles. The topological polar surface area (TPSA) is 58.0 Å². The number of hydrogen-bond acceptors (Lipinski definition) is 5. The molecule has 0 amide bonds. The van der Waals surface area contributed by atoms with E-state index in [-0.39, 0.29) is 6.10 Å². The van der Waals surface area contributed by atoms with Crippen LogP contribution in [0.2, 0.25) is 0 Å². The van der Waals surface area contributed by atoms with Crippen LogP contribution in [0, 0.1) is 0 Å². The van der Waals surface area contributed by atoms with Crippen LogP contribution in [0.4, 0.5) is 5.13 Å². The highest BCUT2D eigenvalue weighted by molar-refractivity contribution is 7.09. The molecule has 5 heteroatoms. The van der Waals surface area contributed by atoms with Crippen molar-refractivity contribution in [2.75, 3.05) is 11.9 Å². The summed E-state index contributed by atoms with van der Waals surface area (Å²) in [7, 11) is 0. The van der Waals surface area contributed by atoms with Gasteiger partial charge in [0.1, 0.15) is 6.33 Å². The molecule has 1 aromatic rings. The first-order chi connectivity index (χ1) is 5.79. The van der Waals surface area contributed by atoms with Gasteiger partial charge in [-0.3, -0.25) is 0 Å². The predicted octanol–water partition coefficient (Wildman–Crippen LogP) is 1.11. The molecule has 0 aliphatic carbocycles. The summed E-state index contributed by atoms with van der Waals surface area (Å²) in [6.07, 6.45) is 3.10. The molecule has 1 aromatic heterocycles. The van der Waals surface area contributed by atoms with Gasteiger partial charge in [-0.1, -0.05) is 0 Å². The van der Waals surface area contributed by atoms with Crippen LogP contribution in [0.25, 0.3) is 0 Å². The fraction of sp³-hybridized carbons (Fsp3) is 0.714. The second-order valence-electron chi connectivity index (χ2n) is 2.66. The zero-order chi connectivity index (χ0) is 8.81. The molecular weight excluding hydrogens is 174 g/mol. The van der Waals surface area contributed by atoms with E-state index in [9.17, 15) is 0 Å². The Morgan fingerprint density at radius 1 is 1.75 bits per heavy atom. The summed E-state index contributed by atoms with van der Waals surface area (Å²) in [5, 5.41) is 12.9. The van der Waals surface area contributed by atoms with E-state index in [1.165, 1.54) is 17.9 Å². The van der Waals surface area contributed by atoms with Crippen LogP contribution in [0.1, 0.15) is 19.8 Å². The second kappa shape index (κ2) is 5.05. The molecule has 0 aromatic carbocycles. The van der Waals surface area contributed by atoms with E-state index in [1.807, 2.05) is 0 Å². The Balaban J connectivity index is 2.04. The molecule has 1 unspecified atom stereocenters. The maximum Gasteiger partial charge on any atom is 0.202 e. The lowest BCUT2D eigenvalue weighted by Crippen LogP contribution is -2.06. The van der Waals surface area contributed by atoms with Crippen LogP contribution >= 0.6 is 11.5 Å². The monoisotopic (exact) mass is 187 g/mol. The van der Waals surface area contributed by atoms with Gasteiger partial charge in [-0.05, 0) is 19.8 Å². The zero-order valence-corrected chi connectivity index (χ0v) is 7.84. The van der Waals surface area contributed by atoms with Gasteiger partial charge in [0, 0.05) is 18.1 Å². The molecule has 4 nitrogen and oxygen atoms in total. The highest BCUT2D eigenvalue weighted by Gasteiger charge is 1.96. The highest BCUT2D eigenvalue weighted by Crippen LogP contribution is 2.06. The van der Waals surface area contributed by atoms with E-state index < -0.39 is 0 Å².